The zero-order valence-electron chi connectivity index (χ0n) is 49.8. The second-order valence-electron chi connectivity index (χ2n) is 21.4. The highest BCUT2D eigenvalue weighted by Gasteiger charge is 2.36. The third-order valence-corrected chi connectivity index (χ3v) is 13.6. The number of aliphatic carboxylic acids is 1. The molecule has 89 heavy (non-hydrogen) atoms. The van der Waals surface area contributed by atoms with Crippen molar-refractivity contribution < 1.29 is 72.9 Å². The lowest BCUT2D eigenvalue weighted by Crippen LogP contribution is -2.62. The van der Waals surface area contributed by atoms with E-state index in [1.165, 1.54) is 31.3 Å². The van der Waals surface area contributed by atoms with Crippen LogP contribution in [-0.2, 0) is 72.0 Å². The van der Waals surface area contributed by atoms with Crippen molar-refractivity contribution in [1.82, 2.24) is 63.7 Å². The number of hydrogen-bond acceptors (Lipinski definition) is 15. The van der Waals surface area contributed by atoms with Crippen LogP contribution in [0.2, 0.25) is 0 Å². The van der Waals surface area contributed by atoms with E-state index >= 15 is 0 Å². The number of carbonyl (C=O) groups is 12. The fourth-order valence-electron chi connectivity index (χ4n) is 9.05. The summed E-state index contributed by atoms with van der Waals surface area (Å²) in [5.41, 5.74) is 23.8. The number of hydrogen-bond donors (Lipinski definition) is 18. The lowest BCUT2D eigenvalue weighted by atomic mass is 10.0. The summed E-state index contributed by atoms with van der Waals surface area (Å²) in [7, 11) is 1.47. The summed E-state index contributed by atoms with van der Waals surface area (Å²) in [5, 5.41) is 53.2. The number of aromatic amines is 1. The molecule has 0 aliphatic carbocycles. The average molecular weight is 1240 g/mol. The molecular weight excluding hydrogens is 1160 g/mol. The van der Waals surface area contributed by atoms with Crippen LogP contribution in [0.25, 0.3) is 10.9 Å². The maximum Gasteiger partial charge on any atom is 0.334 e. The Kier molecular flexibility index (Phi) is 28.2. The van der Waals surface area contributed by atoms with E-state index in [0.717, 1.165) is 24.8 Å². The van der Waals surface area contributed by atoms with E-state index in [0.29, 0.717) is 16.7 Å². The molecule has 31 nitrogen and oxygen atoms in total. The van der Waals surface area contributed by atoms with Gasteiger partial charge in [0, 0.05) is 63.3 Å². The Hall–Kier alpha value is -10.3. The molecule has 3 aromatic carbocycles. The van der Waals surface area contributed by atoms with Gasteiger partial charge in [-0.25, -0.2) is 10.2 Å². The van der Waals surface area contributed by atoms with Crippen molar-refractivity contribution in [2.75, 3.05) is 13.6 Å². The number of aliphatic imine (C=N–C) groups is 1. The standard InChI is InChI=1S/C58H80N16O15/c1-30(2)24-42(52(84)66-39(16-11-23-63-57(61)62-5)50(82)68-41(49(60)81)27-35-29-64-38-15-10-9-14-37(35)38)71-58(89)74-73-55(87)44(25-33-12-7-6-8-13-33)70-56(88)48(31(3)75)72-54(86)45(28-46(59)78)69-51(83)40(21-22-47(79)80)67-53(85)43(65-32(4)76)26-34-17-19-36(77)20-18-34/h6-10,12-15,17-20,29-31,39-45,48,64,75,77H,11,16,21-28H2,1-5H3,(H2,59,78)(H2,60,81)(H,65,76)(H,66,84)(H,67,85)(H,68,82)(H,69,83)(H,70,88)(H,72,86)(H,73,87)(H,79,80)(H3,61,62,63)(H2,71,74,89)/t31-,39+,40+,41+,42+,43-,44+,45+,48+/m1/s1. The van der Waals surface area contributed by atoms with E-state index in [4.69, 9.17) is 17.2 Å². The van der Waals surface area contributed by atoms with Crippen molar-refractivity contribution >= 4 is 87.9 Å². The van der Waals surface area contributed by atoms with Crippen LogP contribution < -0.4 is 75.9 Å². The first-order chi connectivity index (χ1) is 42.1. The minimum absolute atomic E-state index is 0.00151. The Morgan fingerprint density at radius 3 is 1.70 bits per heavy atom. The van der Waals surface area contributed by atoms with E-state index in [2.05, 4.69) is 68.7 Å². The van der Waals surface area contributed by atoms with E-state index in [-0.39, 0.29) is 62.7 Å². The summed E-state index contributed by atoms with van der Waals surface area (Å²) in [6.07, 6.45) is -2.42. The number of aromatic hydroxyl groups is 1. The van der Waals surface area contributed by atoms with Crippen molar-refractivity contribution in [2.24, 2.45) is 28.1 Å². The number of nitrogens with one attached hydrogen (secondary N) is 12. The highest BCUT2D eigenvalue weighted by molar-refractivity contribution is 5.99. The molecule has 0 unspecified atom stereocenters. The zero-order valence-corrected chi connectivity index (χ0v) is 49.8. The maximum atomic E-state index is 14.1. The SMILES string of the molecule is CN=C(N)NCCC[C@H](NC(=O)[C@H](CC(C)C)NC(=O)NNC(=O)[C@H](Cc1ccccc1)NC(=O)[C@@H](NC(=O)[C@H](CC(N)=O)NC(=O)[C@H](CCC(=O)O)NC(=O)[C@@H](Cc1ccc(O)cc1)NC(C)=O)[C@@H](C)O)C(=O)N[C@@H](Cc1c[nH]c2ccccc12)C(N)=O. The molecule has 0 aliphatic rings. The van der Waals surface area contributed by atoms with Crippen LogP contribution in [0.4, 0.5) is 4.79 Å². The summed E-state index contributed by atoms with van der Waals surface area (Å²) in [5.74, 6) is -11.6. The normalized spacial score (nSPS) is 14.3. The van der Waals surface area contributed by atoms with E-state index < -0.39 is 145 Å². The summed E-state index contributed by atoms with van der Waals surface area (Å²) in [6.45, 7) is 5.95. The highest BCUT2D eigenvalue weighted by Crippen LogP contribution is 2.20. The molecule has 9 atom stereocenters. The molecule has 0 radical (unpaired) electrons. The van der Waals surface area contributed by atoms with Gasteiger partial charge in [0.15, 0.2) is 5.96 Å². The second-order valence-corrected chi connectivity index (χ2v) is 21.4. The number of phenolic OH excluding ortho intramolecular Hbond substituents is 1. The topological polar surface area (TPSA) is 504 Å². The van der Waals surface area contributed by atoms with Crippen LogP contribution in [0.15, 0.2) is 90.1 Å². The number of nitrogens with zero attached hydrogens (tertiary/aromatic N) is 1. The van der Waals surface area contributed by atoms with Gasteiger partial charge < -0.3 is 85.4 Å². The molecule has 1 aromatic heterocycles. The summed E-state index contributed by atoms with van der Waals surface area (Å²) in [6, 6.07) is 7.56. The Morgan fingerprint density at radius 1 is 0.573 bits per heavy atom. The number of amides is 12. The van der Waals surface area contributed by atoms with Gasteiger partial charge in [0.2, 0.25) is 53.2 Å². The number of phenols is 1. The smallest absolute Gasteiger partial charge is 0.334 e. The molecule has 4 aromatic rings. The van der Waals surface area contributed by atoms with Crippen molar-refractivity contribution in [2.45, 2.75) is 140 Å². The van der Waals surface area contributed by atoms with Crippen LogP contribution >= 0.6 is 0 Å². The molecule has 21 N–H and O–H groups in total. The molecule has 4 rings (SSSR count). The van der Waals surface area contributed by atoms with Gasteiger partial charge >= 0.3 is 12.0 Å². The monoisotopic (exact) mass is 1240 g/mol. The molecule has 0 spiro atoms. The van der Waals surface area contributed by atoms with Gasteiger partial charge in [-0.3, -0.25) is 63.2 Å². The number of hydrazine groups is 1. The summed E-state index contributed by atoms with van der Waals surface area (Å²) < 4.78 is 0. The minimum atomic E-state index is -1.94. The average Bonchev–Trinajstić information content (AvgIpc) is 2.47. The van der Waals surface area contributed by atoms with Crippen LogP contribution in [0.5, 0.6) is 5.75 Å². The molecule has 1 heterocycles. The van der Waals surface area contributed by atoms with E-state index in [1.807, 2.05) is 24.3 Å². The number of aromatic nitrogens is 1. The van der Waals surface area contributed by atoms with Gasteiger partial charge in [0.1, 0.15) is 54.1 Å². The van der Waals surface area contributed by atoms with Crippen molar-refractivity contribution in [3.8, 4) is 5.75 Å². The number of rotatable bonds is 34. The number of aliphatic hydroxyl groups is 1. The lowest BCUT2D eigenvalue weighted by molar-refractivity contribution is -0.139. The number of benzene rings is 3. The van der Waals surface area contributed by atoms with Crippen LogP contribution in [0.1, 0.15) is 82.9 Å². The minimum Gasteiger partial charge on any atom is -0.508 e. The number of para-hydroxylation sites is 1. The van der Waals surface area contributed by atoms with E-state index in [9.17, 15) is 72.9 Å². The van der Waals surface area contributed by atoms with Gasteiger partial charge in [-0.1, -0.05) is 74.5 Å². The summed E-state index contributed by atoms with van der Waals surface area (Å²) >= 11 is 0. The predicted molar refractivity (Wildman–Crippen MR) is 323 cm³/mol. The maximum absolute atomic E-state index is 14.1. The number of primary amides is 2. The number of H-pyrrole nitrogens is 1. The molecule has 482 valence electrons. The number of fused-ring (bicyclic) bond motifs is 1. The van der Waals surface area contributed by atoms with Gasteiger partial charge in [0.25, 0.3) is 5.91 Å². The molecule has 12 amide bonds. The van der Waals surface area contributed by atoms with Crippen molar-refractivity contribution in [3.05, 3.63) is 102 Å². The Bertz CT molecular complexity index is 3160. The molecule has 31 heteroatoms. The molecular formula is C58H80N16O15. The largest absolute Gasteiger partial charge is 0.508 e. The Balaban J connectivity index is 1.50. The summed E-state index contributed by atoms with van der Waals surface area (Å²) in [4.78, 5) is 167. The molecule has 0 fully saturated rings. The first-order valence-corrected chi connectivity index (χ1v) is 28.4. The van der Waals surface area contributed by atoms with Gasteiger partial charge in [-0.05, 0) is 73.4 Å². The van der Waals surface area contributed by atoms with Crippen LogP contribution in [0, 0.1) is 5.92 Å². The molecule has 0 bridgehead atoms. The lowest BCUT2D eigenvalue weighted by Gasteiger charge is -2.28. The highest BCUT2D eigenvalue weighted by atomic mass is 16.4. The van der Waals surface area contributed by atoms with Gasteiger partial charge in [-0.2, -0.15) is 0 Å². The number of carbonyl (C=O) groups excluding carboxylic acids is 11. The van der Waals surface area contributed by atoms with Gasteiger partial charge in [-0.15, -0.1) is 0 Å². The Labute approximate surface area is 512 Å². The number of aliphatic hydroxyl groups excluding tert-OH is 1. The quantitative estimate of drug-likeness (QED) is 0.00958. The molecule has 0 saturated heterocycles. The van der Waals surface area contributed by atoms with Crippen LogP contribution in [-0.4, -0.2) is 165 Å². The fraction of sp³-hybridized carbons (Fsp3) is 0.431. The number of guanidine groups is 1. The first-order valence-electron chi connectivity index (χ1n) is 28.4. The van der Waals surface area contributed by atoms with Crippen LogP contribution in [0.3, 0.4) is 0 Å². The van der Waals surface area contributed by atoms with Gasteiger partial charge in [0.05, 0.1) is 12.5 Å². The number of carboxylic acids is 1. The second kappa shape index (κ2) is 35.3. The zero-order chi connectivity index (χ0) is 65.9. The third kappa shape index (κ3) is 24.5. The number of carboxylic acid groups (broad SMARTS) is 1. The predicted octanol–water partition coefficient (Wildman–Crippen LogP) is -3.02. The number of nitrogens with two attached hydrogens (primary N) is 3. The third-order valence-electron chi connectivity index (χ3n) is 13.6. The Morgan fingerprint density at radius 2 is 1.11 bits per heavy atom. The van der Waals surface area contributed by atoms with Crippen molar-refractivity contribution in [1.29, 1.82) is 0 Å². The number of urea groups is 1. The van der Waals surface area contributed by atoms with Crippen molar-refractivity contribution in [3.63, 3.8) is 0 Å². The first kappa shape index (κ1) is 71.2. The van der Waals surface area contributed by atoms with E-state index in [1.54, 1.807) is 50.4 Å². The fourth-order valence-corrected chi connectivity index (χ4v) is 9.05. The molecule has 0 aliphatic heterocycles. The molecule has 0 saturated carbocycles.